The van der Waals surface area contributed by atoms with Crippen LogP contribution in [0, 0.1) is 5.41 Å². The lowest BCUT2D eigenvalue weighted by Gasteiger charge is -2.14. The summed E-state index contributed by atoms with van der Waals surface area (Å²) in [6.45, 7) is 0. The second-order valence-corrected chi connectivity index (χ2v) is 6.49. The first-order valence-electron chi connectivity index (χ1n) is 8.18. The molecule has 0 spiro atoms. The Kier molecular flexibility index (Phi) is 6.19. The fourth-order valence-corrected chi connectivity index (χ4v) is 2.84. The van der Waals surface area contributed by atoms with E-state index in [1.165, 1.54) is 18.4 Å². The van der Waals surface area contributed by atoms with Gasteiger partial charge in [-0.1, -0.05) is 11.8 Å². The molecule has 3 amide bonds. The highest BCUT2D eigenvalue weighted by Gasteiger charge is 2.26. The number of rotatable bonds is 5. The molecule has 29 heavy (non-hydrogen) atoms. The molecule has 0 atom stereocenters. The van der Waals surface area contributed by atoms with Crippen molar-refractivity contribution in [2.45, 2.75) is 0 Å². The number of anilines is 1. The molecule has 1 aliphatic heterocycles. The molecule has 2 heterocycles. The van der Waals surface area contributed by atoms with Crippen LogP contribution in [0.1, 0.15) is 10.6 Å². The van der Waals surface area contributed by atoms with Gasteiger partial charge in [0.2, 0.25) is 5.91 Å². The van der Waals surface area contributed by atoms with Gasteiger partial charge in [-0.2, -0.15) is 4.99 Å². The molecule has 3 N–H and O–H groups in total. The minimum atomic E-state index is -0.796. The third-order valence-electron chi connectivity index (χ3n) is 3.53. The van der Waals surface area contributed by atoms with Gasteiger partial charge in [0, 0.05) is 5.69 Å². The number of nitrogens with one attached hydrogen (secondary N) is 3. The normalized spacial score (nSPS) is 14.9. The zero-order valence-electron chi connectivity index (χ0n) is 15.1. The van der Waals surface area contributed by atoms with Crippen LogP contribution >= 0.6 is 11.8 Å². The van der Waals surface area contributed by atoms with Crippen LogP contribution < -0.4 is 15.4 Å². The Bertz CT molecular complexity index is 1010. The van der Waals surface area contributed by atoms with Crippen LogP contribution in [-0.4, -0.2) is 47.3 Å². The molecule has 0 aliphatic carbocycles. The smallest absolute Gasteiger partial charge is 0.313 e. The lowest BCUT2D eigenvalue weighted by atomic mass is 10.3. The number of hydrogen-bond donors (Lipinski definition) is 3. The van der Waals surface area contributed by atoms with Crippen LogP contribution in [0.4, 0.5) is 5.69 Å². The fourth-order valence-electron chi connectivity index (χ4n) is 2.18. The maximum absolute atomic E-state index is 12.1. The van der Waals surface area contributed by atoms with Gasteiger partial charge in [-0.25, -0.2) is 4.99 Å². The molecule has 2 aromatic rings. The average Bonchev–Trinajstić information content (AvgIpc) is 3.24. The highest BCUT2D eigenvalue weighted by Crippen LogP contribution is 2.16. The largest absolute Gasteiger partial charge is 0.497 e. The number of amides is 3. The monoisotopic (exact) mass is 413 g/mol. The van der Waals surface area contributed by atoms with Crippen molar-refractivity contribution in [2.75, 3.05) is 18.2 Å². The van der Waals surface area contributed by atoms with Gasteiger partial charge in [-0.3, -0.25) is 25.1 Å². The Morgan fingerprint density at radius 1 is 1.31 bits per heavy atom. The van der Waals surface area contributed by atoms with E-state index in [0.29, 0.717) is 11.4 Å². The van der Waals surface area contributed by atoms with Crippen LogP contribution in [0.5, 0.6) is 5.75 Å². The van der Waals surface area contributed by atoms with Gasteiger partial charge in [0.05, 0.1) is 19.1 Å². The average molecular weight is 413 g/mol. The van der Waals surface area contributed by atoms with Crippen LogP contribution in [-0.2, 0) is 9.59 Å². The van der Waals surface area contributed by atoms with Crippen molar-refractivity contribution in [1.82, 2.24) is 5.32 Å². The van der Waals surface area contributed by atoms with Gasteiger partial charge in [0.1, 0.15) is 5.75 Å². The molecule has 0 saturated heterocycles. The van der Waals surface area contributed by atoms with Crippen molar-refractivity contribution >= 4 is 51.9 Å². The molecule has 0 radical (unpaired) electrons. The summed E-state index contributed by atoms with van der Waals surface area (Å²) < 4.78 is 9.95. The van der Waals surface area contributed by atoms with Crippen LogP contribution in [0.15, 0.2) is 57.1 Å². The molecule has 1 aliphatic rings. The number of hydrogen-bond acceptors (Lipinski definition) is 7. The summed E-state index contributed by atoms with van der Waals surface area (Å²) in [6.07, 6.45) is 1.30. The summed E-state index contributed by atoms with van der Waals surface area (Å²) in [7, 11) is 1.55. The Balaban J connectivity index is 1.58. The fraction of sp³-hybridized carbons (Fsp3) is 0.111. The van der Waals surface area contributed by atoms with Gasteiger partial charge in [-0.15, -0.1) is 0 Å². The maximum Gasteiger partial charge on any atom is 0.313 e. The lowest BCUT2D eigenvalue weighted by molar-refractivity contribution is -0.114. The molecule has 0 bridgehead atoms. The number of aliphatic imine (C=N–C) groups is 2. The predicted octanol–water partition coefficient (Wildman–Crippen LogP) is 1.70. The Morgan fingerprint density at radius 3 is 2.69 bits per heavy atom. The quantitative estimate of drug-likeness (QED) is 0.680. The summed E-state index contributed by atoms with van der Waals surface area (Å²) in [5.74, 6) is -1.80. The van der Waals surface area contributed by atoms with Crippen molar-refractivity contribution in [3.63, 3.8) is 0 Å². The van der Waals surface area contributed by atoms with E-state index in [0.717, 1.165) is 11.8 Å². The Hall–Kier alpha value is -3.73. The number of carbonyl (C=O) groups excluding carboxylic acids is 3. The first kappa shape index (κ1) is 20.0. The molecule has 3 rings (SSSR count). The number of ether oxygens (including phenoxy) is 1. The number of nitrogens with zero attached hydrogens (tertiary/aromatic N) is 2. The molecule has 10 nitrogen and oxygen atoms in total. The molecule has 148 valence electrons. The first-order chi connectivity index (χ1) is 14.0. The van der Waals surface area contributed by atoms with Gasteiger partial charge in [0.25, 0.3) is 5.91 Å². The van der Waals surface area contributed by atoms with Crippen molar-refractivity contribution in [1.29, 1.82) is 5.41 Å². The van der Waals surface area contributed by atoms with Crippen molar-refractivity contribution in [2.24, 2.45) is 9.98 Å². The molecular formula is C18H15N5O5S. The summed E-state index contributed by atoms with van der Waals surface area (Å²) >= 11 is 0.941. The molecule has 0 fully saturated rings. The van der Waals surface area contributed by atoms with E-state index >= 15 is 0 Å². The lowest BCUT2D eigenvalue weighted by Crippen LogP contribution is -2.43. The second kappa shape index (κ2) is 8.97. The first-order valence-corrected chi connectivity index (χ1v) is 9.17. The SMILES string of the molecule is COc1ccc(NC(=O)CSC2=NC(=N)C(=NC(=O)c3ccco3)C(=O)N2)cc1. The standard InChI is InChI=1S/C18H15N5O5S/c1-27-11-6-4-10(5-7-11)20-13(24)9-29-18-22-15(19)14(17(26)23-18)21-16(25)12-3-2-8-28-12/h2-8H,9H2,1H3,(H,20,24)(H2,19,22,23,26). The Labute approximate surface area is 168 Å². The summed E-state index contributed by atoms with van der Waals surface area (Å²) in [5.41, 5.74) is 0.156. The van der Waals surface area contributed by atoms with E-state index < -0.39 is 23.4 Å². The molecule has 1 aromatic carbocycles. The van der Waals surface area contributed by atoms with Gasteiger partial charge >= 0.3 is 5.91 Å². The van der Waals surface area contributed by atoms with Crippen LogP contribution in [0.2, 0.25) is 0 Å². The van der Waals surface area contributed by atoms with Crippen molar-refractivity contribution < 1.29 is 23.5 Å². The minimum absolute atomic E-state index is 0.0454. The van der Waals surface area contributed by atoms with Gasteiger partial charge in [0.15, 0.2) is 22.5 Å². The van der Waals surface area contributed by atoms with E-state index in [2.05, 4.69) is 20.6 Å². The zero-order chi connectivity index (χ0) is 20.8. The molecule has 0 saturated carbocycles. The maximum atomic E-state index is 12.1. The topological polar surface area (TPSA) is 146 Å². The van der Waals surface area contributed by atoms with E-state index in [1.54, 1.807) is 31.4 Å². The van der Waals surface area contributed by atoms with Crippen molar-refractivity contribution in [3.8, 4) is 5.75 Å². The molecular weight excluding hydrogens is 398 g/mol. The number of thioether (sulfide) groups is 1. The van der Waals surface area contributed by atoms with Crippen molar-refractivity contribution in [3.05, 3.63) is 48.4 Å². The van der Waals surface area contributed by atoms with E-state index in [4.69, 9.17) is 14.6 Å². The van der Waals surface area contributed by atoms with E-state index in [1.807, 2.05) is 0 Å². The van der Waals surface area contributed by atoms with Gasteiger partial charge in [-0.05, 0) is 36.4 Å². The summed E-state index contributed by atoms with van der Waals surface area (Å²) in [4.78, 5) is 43.6. The highest BCUT2D eigenvalue weighted by atomic mass is 32.2. The highest BCUT2D eigenvalue weighted by molar-refractivity contribution is 8.14. The summed E-state index contributed by atoms with van der Waals surface area (Å²) in [6, 6.07) is 9.69. The number of methoxy groups -OCH3 is 1. The van der Waals surface area contributed by atoms with Gasteiger partial charge < -0.3 is 14.5 Å². The Morgan fingerprint density at radius 2 is 2.07 bits per heavy atom. The molecule has 1 aromatic heterocycles. The molecule has 11 heteroatoms. The van der Waals surface area contributed by atoms with Crippen LogP contribution in [0.3, 0.4) is 0 Å². The second-order valence-electron chi connectivity index (χ2n) is 5.53. The predicted molar refractivity (Wildman–Crippen MR) is 108 cm³/mol. The van der Waals surface area contributed by atoms with Crippen LogP contribution in [0.25, 0.3) is 0 Å². The minimum Gasteiger partial charge on any atom is -0.497 e. The number of furan rings is 1. The zero-order valence-corrected chi connectivity index (χ0v) is 15.9. The number of benzene rings is 1. The van der Waals surface area contributed by atoms with E-state index in [9.17, 15) is 14.4 Å². The summed E-state index contributed by atoms with van der Waals surface area (Å²) in [5, 5.41) is 13.0. The molecule has 0 unspecified atom stereocenters. The third kappa shape index (κ3) is 5.17. The number of amidine groups is 2. The van der Waals surface area contributed by atoms with E-state index in [-0.39, 0.29) is 22.6 Å². The third-order valence-corrected chi connectivity index (χ3v) is 4.41. The number of carbonyl (C=O) groups is 3.